The van der Waals surface area contributed by atoms with Crippen LogP contribution in [0.15, 0.2) is 48.5 Å². The van der Waals surface area contributed by atoms with Crippen molar-refractivity contribution < 1.29 is 9.47 Å². The summed E-state index contributed by atoms with van der Waals surface area (Å²) in [6.07, 6.45) is 2.58. The Morgan fingerprint density at radius 3 is 2.48 bits per heavy atom. The van der Waals surface area contributed by atoms with E-state index < -0.39 is 0 Å². The number of nitrogens with one attached hydrogen (secondary N) is 1. The normalized spacial score (nSPS) is 15.6. The Bertz CT molecular complexity index is 682. The van der Waals surface area contributed by atoms with E-state index >= 15 is 0 Å². The molecule has 1 heterocycles. The lowest BCUT2D eigenvalue weighted by molar-refractivity contribution is 0.216. The highest BCUT2D eigenvalue weighted by Gasteiger charge is 2.16. The second-order valence-electron chi connectivity index (χ2n) is 7.37. The predicted octanol–water partition coefficient (Wildman–Crippen LogP) is 4.10. The van der Waals surface area contributed by atoms with Crippen LogP contribution in [0.4, 0.5) is 0 Å². The molecule has 1 N–H and O–H groups in total. The van der Waals surface area contributed by atoms with Gasteiger partial charge in [-0.1, -0.05) is 36.4 Å². The number of hydrogen-bond donors (Lipinski definition) is 1. The maximum absolute atomic E-state index is 5.99. The summed E-state index contributed by atoms with van der Waals surface area (Å²) in [5.74, 6) is 2.42. The van der Waals surface area contributed by atoms with Crippen LogP contribution in [-0.2, 0) is 13.2 Å². The molecule has 0 unspecified atom stereocenters. The van der Waals surface area contributed by atoms with E-state index in [4.69, 9.17) is 9.47 Å². The molecular formula is C23H32N2O2. The third-order valence-corrected chi connectivity index (χ3v) is 5.15. The van der Waals surface area contributed by atoms with Crippen LogP contribution in [0, 0.1) is 5.92 Å². The van der Waals surface area contributed by atoms with Crippen LogP contribution in [-0.4, -0.2) is 38.2 Å². The van der Waals surface area contributed by atoms with Crippen molar-refractivity contribution in [2.24, 2.45) is 5.92 Å². The molecule has 1 saturated heterocycles. The van der Waals surface area contributed by atoms with Gasteiger partial charge in [-0.15, -0.1) is 0 Å². The summed E-state index contributed by atoms with van der Waals surface area (Å²) in [5.41, 5.74) is 2.39. The Labute approximate surface area is 163 Å². The van der Waals surface area contributed by atoms with Crippen LogP contribution in [0.1, 0.15) is 30.9 Å². The molecule has 0 saturated carbocycles. The molecule has 0 spiro atoms. The molecule has 1 aliphatic heterocycles. The van der Waals surface area contributed by atoms with E-state index in [0.29, 0.717) is 13.2 Å². The van der Waals surface area contributed by atoms with Gasteiger partial charge in [-0.2, -0.15) is 0 Å². The van der Waals surface area contributed by atoms with Gasteiger partial charge in [0.05, 0.1) is 6.61 Å². The van der Waals surface area contributed by atoms with Crippen LogP contribution >= 0.6 is 0 Å². The standard InChI is InChI=1S/C23H32N2O2/c1-3-26-23-15-21(17-24-16-19-11-13-25(2)14-12-19)9-10-22(23)27-18-20-7-5-4-6-8-20/h4-10,15,19,24H,3,11-14,16-18H2,1-2H3. The number of likely N-dealkylation sites (tertiary alicyclic amines) is 1. The number of nitrogens with zero attached hydrogens (tertiary/aromatic N) is 1. The number of ether oxygens (including phenoxy) is 2. The van der Waals surface area contributed by atoms with Crippen molar-refractivity contribution in [1.29, 1.82) is 0 Å². The number of rotatable bonds is 9. The molecule has 4 nitrogen and oxygen atoms in total. The highest BCUT2D eigenvalue weighted by atomic mass is 16.5. The summed E-state index contributed by atoms with van der Waals surface area (Å²) in [6.45, 7) is 7.58. The summed E-state index contributed by atoms with van der Waals surface area (Å²) in [5, 5.41) is 3.62. The van der Waals surface area contributed by atoms with E-state index in [1.165, 1.54) is 31.5 Å². The Morgan fingerprint density at radius 1 is 0.963 bits per heavy atom. The van der Waals surface area contributed by atoms with E-state index in [1.54, 1.807) is 0 Å². The fourth-order valence-corrected chi connectivity index (χ4v) is 3.47. The fourth-order valence-electron chi connectivity index (χ4n) is 3.47. The third kappa shape index (κ3) is 6.26. The van der Waals surface area contributed by atoms with Crippen LogP contribution in [0.3, 0.4) is 0 Å². The quantitative estimate of drug-likeness (QED) is 0.723. The van der Waals surface area contributed by atoms with Gasteiger partial charge in [-0.3, -0.25) is 0 Å². The largest absolute Gasteiger partial charge is 0.490 e. The first-order valence-corrected chi connectivity index (χ1v) is 10.1. The van der Waals surface area contributed by atoms with Crippen molar-refractivity contribution in [3.63, 3.8) is 0 Å². The average molecular weight is 369 g/mol. The zero-order valence-corrected chi connectivity index (χ0v) is 16.6. The van der Waals surface area contributed by atoms with E-state index in [1.807, 2.05) is 31.2 Å². The van der Waals surface area contributed by atoms with Gasteiger partial charge in [0.25, 0.3) is 0 Å². The summed E-state index contributed by atoms with van der Waals surface area (Å²) >= 11 is 0. The van der Waals surface area contributed by atoms with Crippen LogP contribution in [0.5, 0.6) is 11.5 Å². The number of benzene rings is 2. The summed E-state index contributed by atoms with van der Waals surface area (Å²) in [6, 6.07) is 16.5. The molecule has 2 aromatic carbocycles. The molecule has 146 valence electrons. The Hall–Kier alpha value is -2.04. The Balaban J connectivity index is 1.52. The Morgan fingerprint density at radius 2 is 1.74 bits per heavy atom. The van der Waals surface area contributed by atoms with Gasteiger partial charge >= 0.3 is 0 Å². The zero-order valence-electron chi connectivity index (χ0n) is 16.6. The number of piperidine rings is 1. The summed E-state index contributed by atoms with van der Waals surface area (Å²) in [4.78, 5) is 2.42. The minimum absolute atomic E-state index is 0.550. The molecule has 0 aromatic heterocycles. The minimum atomic E-state index is 0.550. The van der Waals surface area contributed by atoms with Crippen molar-refractivity contribution in [2.45, 2.75) is 32.9 Å². The van der Waals surface area contributed by atoms with Gasteiger partial charge in [-0.05, 0) is 75.6 Å². The van der Waals surface area contributed by atoms with E-state index in [0.717, 1.165) is 36.1 Å². The van der Waals surface area contributed by atoms with E-state index in [9.17, 15) is 0 Å². The van der Waals surface area contributed by atoms with Crippen molar-refractivity contribution in [3.05, 3.63) is 59.7 Å². The van der Waals surface area contributed by atoms with Crippen molar-refractivity contribution >= 4 is 0 Å². The van der Waals surface area contributed by atoms with E-state index in [-0.39, 0.29) is 0 Å². The third-order valence-electron chi connectivity index (χ3n) is 5.15. The lowest BCUT2D eigenvalue weighted by Crippen LogP contribution is -2.34. The smallest absolute Gasteiger partial charge is 0.161 e. The first kappa shape index (κ1) is 19.7. The molecule has 0 radical (unpaired) electrons. The summed E-state index contributed by atoms with van der Waals surface area (Å²) < 4.78 is 11.8. The first-order valence-electron chi connectivity index (χ1n) is 10.1. The van der Waals surface area contributed by atoms with Gasteiger partial charge in [0.2, 0.25) is 0 Å². The first-order chi connectivity index (χ1) is 13.2. The molecule has 3 rings (SSSR count). The molecular weight excluding hydrogens is 336 g/mol. The lowest BCUT2D eigenvalue weighted by Gasteiger charge is -2.29. The average Bonchev–Trinajstić information content (AvgIpc) is 2.70. The maximum atomic E-state index is 5.99. The summed E-state index contributed by atoms with van der Waals surface area (Å²) in [7, 11) is 2.21. The lowest BCUT2D eigenvalue weighted by atomic mass is 9.97. The van der Waals surface area contributed by atoms with E-state index in [2.05, 4.69) is 41.5 Å². The van der Waals surface area contributed by atoms with Gasteiger partial charge in [0.15, 0.2) is 11.5 Å². The van der Waals surface area contributed by atoms with Gasteiger partial charge in [0.1, 0.15) is 6.61 Å². The molecule has 27 heavy (non-hydrogen) atoms. The minimum Gasteiger partial charge on any atom is -0.490 e. The molecule has 1 fully saturated rings. The zero-order chi connectivity index (χ0) is 18.9. The topological polar surface area (TPSA) is 33.7 Å². The molecule has 4 heteroatoms. The van der Waals surface area contributed by atoms with Crippen molar-refractivity contribution in [1.82, 2.24) is 10.2 Å². The molecule has 0 atom stereocenters. The van der Waals surface area contributed by atoms with Crippen LogP contribution in [0.25, 0.3) is 0 Å². The fraction of sp³-hybridized carbons (Fsp3) is 0.478. The molecule has 0 amide bonds. The van der Waals surface area contributed by atoms with Gasteiger partial charge in [-0.25, -0.2) is 0 Å². The molecule has 0 bridgehead atoms. The van der Waals surface area contributed by atoms with Crippen molar-refractivity contribution in [2.75, 3.05) is 33.3 Å². The van der Waals surface area contributed by atoms with Crippen LogP contribution in [0.2, 0.25) is 0 Å². The molecule has 1 aliphatic rings. The highest BCUT2D eigenvalue weighted by Crippen LogP contribution is 2.29. The van der Waals surface area contributed by atoms with Crippen molar-refractivity contribution in [3.8, 4) is 11.5 Å². The number of hydrogen-bond acceptors (Lipinski definition) is 4. The second kappa shape index (κ2) is 10.3. The predicted molar refractivity (Wildman–Crippen MR) is 110 cm³/mol. The van der Waals surface area contributed by atoms with Gasteiger partial charge < -0.3 is 19.7 Å². The monoisotopic (exact) mass is 368 g/mol. The second-order valence-corrected chi connectivity index (χ2v) is 7.37. The van der Waals surface area contributed by atoms with Crippen LogP contribution < -0.4 is 14.8 Å². The SMILES string of the molecule is CCOc1cc(CNCC2CCN(C)CC2)ccc1OCc1ccccc1. The molecule has 0 aliphatic carbocycles. The molecule has 2 aromatic rings. The Kier molecular flexibility index (Phi) is 7.55. The maximum Gasteiger partial charge on any atom is 0.161 e. The van der Waals surface area contributed by atoms with Gasteiger partial charge in [0, 0.05) is 6.54 Å². The highest BCUT2D eigenvalue weighted by molar-refractivity contribution is 5.43.